The molecule has 6 saturated heterocycles. The predicted octanol–water partition coefficient (Wildman–Crippen LogP) is 3.50. The third-order valence-electron chi connectivity index (χ3n) is 17.9. The van der Waals surface area contributed by atoms with Gasteiger partial charge in [0.05, 0.1) is 121 Å². The monoisotopic (exact) mass is 1420 g/mol. The first kappa shape index (κ1) is 76.3. The molecule has 3 aromatic rings. The Morgan fingerprint density at radius 2 is 0.792 bits per heavy atom. The van der Waals surface area contributed by atoms with Gasteiger partial charge in [0.1, 0.15) is 30.5 Å². The Bertz CT molecular complexity index is 3230. The van der Waals surface area contributed by atoms with Crippen LogP contribution in [0.25, 0.3) is 0 Å². The largest absolute Gasteiger partial charge is 0.397 e. The van der Waals surface area contributed by atoms with Gasteiger partial charge in [0.25, 0.3) is 0 Å². The summed E-state index contributed by atoms with van der Waals surface area (Å²) in [7, 11) is -15.0. The molecule has 30 nitrogen and oxygen atoms in total. The molecule has 538 valence electrons. The number of hydrogen-bond acceptors (Lipinski definition) is 27. The molecular weight excluding hydrogens is 1330 g/mol. The summed E-state index contributed by atoms with van der Waals surface area (Å²) in [5.74, 6) is 0.632. The van der Waals surface area contributed by atoms with E-state index < -0.39 is 186 Å². The maximum atomic E-state index is 12.2. The fraction of sp³-hybridized carbons (Fsp3) is 0.683. The summed E-state index contributed by atoms with van der Waals surface area (Å²) in [4.78, 5) is 0. The Morgan fingerprint density at radius 1 is 0.458 bits per heavy atom. The molecule has 24 atom stereocenters. The molecule has 96 heavy (non-hydrogen) atoms. The smallest absolute Gasteiger partial charge is 0.373 e. The van der Waals surface area contributed by atoms with Gasteiger partial charge in [-0.1, -0.05) is 119 Å². The molecule has 9 rings (SSSR count). The summed E-state index contributed by atoms with van der Waals surface area (Å²) in [6, 6.07) is 25.5. The SMILES string of the molecule is C#CCCCO[C@@H]1OC(COS(=O)(=O)O)[C@@H](O[C@H]2C[C@H](OCc3ccccc3)[C@H](O[C@@H]3OC(COS(=O)(=O)O)[C@@H](O[C@H]4C[C@H](OCc5ccccc5)[C@H](O[C@@H]5OC(COS(=O)(=O)O)[C@@H](O[C@H]6C[C@H](OCc7ccccc7)[C@H](C)CO6)[C@H](C)C5N)CO4)[C@H](C)C3N)CO2)[C@H](C)C1N. The van der Waals surface area contributed by atoms with Crippen molar-refractivity contribution >= 4 is 31.2 Å². The first-order valence-electron chi connectivity index (χ1n) is 32.0. The maximum absolute atomic E-state index is 12.2. The van der Waals surface area contributed by atoms with E-state index in [0.717, 1.165) is 16.7 Å². The molecule has 0 saturated carbocycles. The van der Waals surface area contributed by atoms with Crippen LogP contribution in [-0.2, 0) is 135 Å². The fourth-order valence-corrected chi connectivity index (χ4v) is 13.2. The number of ether oxygens (including phenoxy) is 15. The number of terminal acetylenes is 1. The van der Waals surface area contributed by atoms with Crippen LogP contribution in [-0.4, -0.2) is 208 Å². The van der Waals surface area contributed by atoms with Crippen molar-refractivity contribution in [3.05, 3.63) is 108 Å². The lowest BCUT2D eigenvalue weighted by molar-refractivity contribution is -0.343. The minimum absolute atomic E-state index is 0.00147. The Hall–Kier alpha value is -3.89. The molecule has 9 N–H and O–H groups in total. The molecule has 6 aliphatic heterocycles. The highest BCUT2D eigenvalue weighted by Crippen LogP contribution is 2.39. The van der Waals surface area contributed by atoms with Crippen molar-refractivity contribution in [2.24, 2.45) is 40.9 Å². The van der Waals surface area contributed by atoms with Crippen LogP contribution in [0.15, 0.2) is 91.0 Å². The van der Waals surface area contributed by atoms with Gasteiger partial charge in [-0.05, 0) is 23.1 Å². The molecular formula is C63H91N3O27S3. The molecule has 6 heterocycles. The lowest BCUT2D eigenvalue weighted by atomic mass is 9.88. The van der Waals surface area contributed by atoms with Crippen molar-refractivity contribution in [1.29, 1.82) is 0 Å². The molecule has 0 radical (unpaired) electrons. The van der Waals surface area contributed by atoms with Crippen LogP contribution in [0, 0.1) is 36.0 Å². The van der Waals surface area contributed by atoms with Crippen LogP contribution in [0.3, 0.4) is 0 Å². The Morgan fingerprint density at radius 3 is 1.16 bits per heavy atom. The summed E-state index contributed by atoms with van der Waals surface area (Å²) in [5, 5.41) is 0. The fourth-order valence-electron chi connectivity index (χ4n) is 12.3. The zero-order chi connectivity index (χ0) is 68.7. The minimum Gasteiger partial charge on any atom is -0.373 e. The molecule has 6 unspecified atom stereocenters. The molecule has 33 heteroatoms. The van der Waals surface area contributed by atoms with Gasteiger partial charge in [0, 0.05) is 49.4 Å². The van der Waals surface area contributed by atoms with Gasteiger partial charge in [-0.15, -0.1) is 12.3 Å². The van der Waals surface area contributed by atoms with Gasteiger partial charge in [0.2, 0.25) is 0 Å². The second-order valence-electron chi connectivity index (χ2n) is 24.9. The summed E-state index contributed by atoms with van der Waals surface area (Å²) in [5.41, 5.74) is 23.2. The molecule has 3 aromatic carbocycles. The van der Waals surface area contributed by atoms with E-state index in [1.165, 1.54) is 0 Å². The van der Waals surface area contributed by atoms with Crippen LogP contribution >= 0.6 is 0 Å². The third kappa shape index (κ3) is 22.6. The maximum Gasteiger partial charge on any atom is 0.397 e. The van der Waals surface area contributed by atoms with Gasteiger partial charge >= 0.3 is 31.2 Å². The van der Waals surface area contributed by atoms with Crippen molar-refractivity contribution in [2.45, 2.75) is 203 Å². The van der Waals surface area contributed by atoms with Crippen LogP contribution in [0.5, 0.6) is 0 Å². The highest BCUT2D eigenvalue weighted by atomic mass is 32.3. The highest BCUT2D eigenvalue weighted by Gasteiger charge is 2.52. The average Bonchev–Trinajstić information content (AvgIpc) is 0.817. The van der Waals surface area contributed by atoms with Crippen molar-refractivity contribution in [3.63, 3.8) is 0 Å². The van der Waals surface area contributed by atoms with E-state index in [2.05, 4.69) is 5.92 Å². The number of rotatable bonds is 32. The minimum atomic E-state index is -5.06. The molecule has 0 amide bonds. The molecule has 0 bridgehead atoms. The van der Waals surface area contributed by atoms with Gasteiger partial charge in [0.15, 0.2) is 37.7 Å². The normalized spacial score (nSPS) is 36.4. The van der Waals surface area contributed by atoms with Gasteiger partial charge in [-0.25, -0.2) is 12.5 Å². The zero-order valence-electron chi connectivity index (χ0n) is 53.8. The number of unbranched alkanes of at least 4 members (excludes halogenated alkanes) is 1. The number of hydrogen-bond donors (Lipinski definition) is 6. The second kappa shape index (κ2) is 35.6. The topological polar surface area (TPSA) is 407 Å². The van der Waals surface area contributed by atoms with E-state index in [4.69, 9.17) is 107 Å². The summed E-state index contributed by atoms with van der Waals surface area (Å²) >= 11 is 0. The van der Waals surface area contributed by atoms with Crippen LogP contribution in [0.1, 0.15) is 76.5 Å². The van der Waals surface area contributed by atoms with Crippen molar-refractivity contribution < 1.29 is 123 Å². The summed E-state index contributed by atoms with van der Waals surface area (Å²) in [6.45, 7) is 5.78. The Balaban J connectivity index is 0.882. The Labute approximate surface area is 561 Å². The van der Waals surface area contributed by atoms with Crippen molar-refractivity contribution in [3.8, 4) is 12.3 Å². The van der Waals surface area contributed by atoms with E-state index in [1.807, 2.05) is 97.9 Å². The van der Waals surface area contributed by atoms with Gasteiger partial charge in [-0.2, -0.15) is 25.3 Å². The van der Waals surface area contributed by atoms with Gasteiger partial charge in [-0.3, -0.25) is 13.7 Å². The zero-order valence-corrected chi connectivity index (χ0v) is 56.2. The van der Waals surface area contributed by atoms with Crippen molar-refractivity contribution in [1.82, 2.24) is 0 Å². The summed E-state index contributed by atoms with van der Waals surface area (Å²) in [6.07, 6.45) is -10.4. The molecule has 6 aliphatic rings. The van der Waals surface area contributed by atoms with E-state index in [-0.39, 0.29) is 57.9 Å². The molecule has 0 spiro atoms. The third-order valence-corrected chi connectivity index (χ3v) is 19.2. The first-order chi connectivity index (χ1) is 45.8. The summed E-state index contributed by atoms with van der Waals surface area (Å²) < 4.78 is 212. The lowest BCUT2D eigenvalue weighted by Gasteiger charge is -2.48. The predicted molar refractivity (Wildman–Crippen MR) is 336 cm³/mol. The number of nitrogens with two attached hydrogens (primary N) is 3. The number of benzene rings is 3. The van der Waals surface area contributed by atoms with Crippen molar-refractivity contribution in [2.75, 3.05) is 46.2 Å². The lowest BCUT2D eigenvalue weighted by Crippen LogP contribution is -2.63. The van der Waals surface area contributed by atoms with E-state index in [1.54, 1.807) is 20.8 Å². The molecule has 6 fully saturated rings. The van der Waals surface area contributed by atoms with Crippen LogP contribution in [0.2, 0.25) is 0 Å². The Kier molecular flexibility index (Phi) is 28.3. The molecule has 0 aliphatic carbocycles. The highest BCUT2D eigenvalue weighted by molar-refractivity contribution is 7.81. The van der Waals surface area contributed by atoms with E-state index >= 15 is 0 Å². The standard InChI is InChI=1S/C63H91N3O27S3/c1-6-7-17-24-76-61-55(64)38(3)58(49(88-61)34-83-94(67,68)69)92-53-26-45(78-30-42-20-13-9-14-21-42)47(32-81-53)87-63-57(66)40(5)60(51(90-63)36-85-96(73,74)75)93-54-27-46(79-31-43-22-15-10-16-23-43)48(33-82-54)86-62-56(65)39(4)59(50(89-62)35-84-95(70,71)72)91-52-25-44(37(2)28-80-52)77-29-41-18-11-8-12-19-41/h1,8-16,18-23,37-40,44-63H,7,17,24-36,64-66H2,2-5H3,(H,67,68,69)(H,70,71,72)(H,73,74,75)/t37-,38-,39-,40-,44+,45+,46+,47-,48-,49?,50?,51?,52+,53+,54+,55?,56?,57?,58+,59+,60+,61-,62-,63-/m1/s1. The molecule has 0 aromatic heterocycles. The van der Waals surface area contributed by atoms with Crippen LogP contribution in [0.4, 0.5) is 0 Å². The van der Waals surface area contributed by atoms with E-state index in [0.29, 0.717) is 32.5 Å². The quantitative estimate of drug-likeness (QED) is 0.0296. The first-order valence-corrected chi connectivity index (χ1v) is 36.1. The average molecular weight is 1420 g/mol. The van der Waals surface area contributed by atoms with Crippen LogP contribution < -0.4 is 17.2 Å². The van der Waals surface area contributed by atoms with Gasteiger partial charge < -0.3 is 88.3 Å². The van der Waals surface area contributed by atoms with E-state index in [9.17, 15) is 38.9 Å². The second-order valence-corrected chi connectivity index (χ2v) is 28.2.